The van der Waals surface area contributed by atoms with Gasteiger partial charge >= 0.3 is 0 Å². The van der Waals surface area contributed by atoms with Gasteiger partial charge in [0.15, 0.2) is 0 Å². The van der Waals surface area contributed by atoms with Gasteiger partial charge < -0.3 is 0 Å². The maximum absolute atomic E-state index is 13.2. The molecule has 0 amide bonds. The van der Waals surface area contributed by atoms with Crippen LogP contribution >= 0.6 is 0 Å². The lowest BCUT2D eigenvalue weighted by Gasteiger charge is -2.37. The first kappa shape index (κ1) is 12.1. The highest BCUT2D eigenvalue weighted by Crippen LogP contribution is 2.43. The largest absolute Gasteiger partial charge is 0.295 e. The Kier molecular flexibility index (Phi) is 2.85. The Balaban J connectivity index is 1.80. The Labute approximate surface area is 119 Å². The number of rotatable bonds is 1. The number of fused-ring (bicyclic) bond motifs is 3. The summed E-state index contributed by atoms with van der Waals surface area (Å²) in [5.74, 6) is 0.220. The van der Waals surface area contributed by atoms with Crippen molar-refractivity contribution in [1.82, 2.24) is 4.90 Å². The molecule has 0 aromatic heterocycles. The monoisotopic (exact) mass is 267 g/mol. The number of hydrogen-bond acceptors (Lipinski definition) is 1. The van der Waals surface area contributed by atoms with Gasteiger partial charge in [-0.1, -0.05) is 36.4 Å². The van der Waals surface area contributed by atoms with E-state index in [4.69, 9.17) is 0 Å². The van der Waals surface area contributed by atoms with Crippen LogP contribution in [0.15, 0.2) is 48.5 Å². The van der Waals surface area contributed by atoms with Crippen LogP contribution in [0, 0.1) is 5.82 Å². The molecule has 0 unspecified atom stereocenters. The average Bonchev–Trinajstić information content (AvgIpc) is 2.96. The summed E-state index contributed by atoms with van der Waals surface area (Å²) in [7, 11) is 0. The van der Waals surface area contributed by atoms with Gasteiger partial charge in [0.1, 0.15) is 5.82 Å². The number of nitrogens with zero attached hydrogens (tertiary/aromatic N) is 1. The Hall–Kier alpha value is -1.67. The van der Waals surface area contributed by atoms with Crippen molar-refractivity contribution in [2.24, 2.45) is 0 Å². The van der Waals surface area contributed by atoms with E-state index in [1.807, 2.05) is 12.1 Å². The number of hydrogen-bond donors (Lipinski definition) is 0. The molecule has 0 spiro atoms. The molecule has 0 N–H and O–H groups in total. The Morgan fingerprint density at radius 2 is 1.70 bits per heavy atom. The third-order valence-electron chi connectivity index (χ3n) is 4.78. The topological polar surface area (TPSA) is 3.24 Å². The van der Waals surface area contributed by atoms with Crippen molar-refractivity contribution in [3.8, 4) is 0 Å². The molecule has 1 saturated heterocycles. The predicted octanol–water partition coefficient (Wildman–Crippen LogP) is 4.11. The van der Waals surface area contributed by atoms with E-state index in [0.29, 0.717) is 12.0 Å². The minimum absolute atomic E-state index is 0.156. The van der Waals surface area contributed by atoms with Gasteiger partial charge in [-0.2, -0.15) is 0 Å². The fourth-order valence-corrected chi connectivity index (χ4v) is 3.84. The van der Waals surface area contributed by atoms with E-state index in [-0.39, 0.29) is 5.82 Å². The molecule has 0 aliphatic carbocycles. The normalized spacial score (nSPS) is 25.2. The first-order valence-electron chi connectivity index (χ1n) is 7.41. The van der Waals surface area contributed by atoms with Gasteiger partial charge in [-0.25, -0.2) is 4.39 Å². The molecule has 2 heterocycles. The van der Waals surface area contributed by atoms with Gasteiger partial charge in [0.2, 0.25) is 0 Å². The second kappa shape index (κ2) is 4.71. The lowest BCUT2D eigenvalue weighted by atomic mass is 9.82. The summed E-state index contributed by atoms with van der Waals surface area (Å²) in [6, 6.07) is 16.4. The zero-order valence-electron chi connectivity index (χ0n) is 11.4. The highest BCUT2D eigenvalue weighted by Gasteiger charge is 2.35. The summed E-state index contributed by atoms with van der Waals surface area (Å²) in [5.41, 5.74) is 4.14. The molecule has 20 heavy (non-hydrogen) atoms. The molecule has 1 nitrogen and oxygen atoms in total. The van der Waals surface area contributed by atoms with Gasteiger partial charge in [-0.05, 0) is 48.2 Å². The van der Waals surface area contributed by atoms with Crippen LogP contribution in [0.25, 0.3) is 0 Å². The first-order valence-corrected chi connectivity index (χ1v) is 7.41. The highest BCUT2D eigenvalue weighted by atomic mass is 19.1. The van der Waals surface area contributed by atoms with Crippen molar-refractivity contribution < 1.29 is 4.39 Å². The lowest BCUT2D eigenvalue weighted by Crippen LogP contribution is -2.34. The maximum Gasteiger partial charge on any atom is 0.123 e. The van der Waals surface area contributed by atoms with Crippen LogP contribution in [-0.2, 0) is 0 Å². The van der Waals surface area contributed by atoms with Crippen LogP contribution in [0.2, 0.25) is 0 Å². The fourth-order valence-electron chi connectivity index (χ4n) is 3.84. The summed E-state index contributed by atoms with van der Waals surface area (Å²) >= 11 is 0. The van der Waals surface area contributed by atoms with Crippen molar-refractivity contribution in [3.05, 3.63) is 71.0 Å². The van der Waals surface area contributed by atoms with Crippen LogP contribution in [-0.4, -0.2) is 18.0 Å². The quantitative estimate of drug-likeness (QED) is 0.751. The van der Waals surface area contributed by atoms with Crippen LogP contribution in [0.5, 0.6) is 0 Å². The van der Waals surface area contributed by atoms with E-state index in [0.717, 1.165) is 6.54 Å². The van der Waals surface area contributed by atoms with Crippen LogP contribution < -0.4 is 0 Å². The number of benzene rings is 2. The molecule has 0 saturated carbocycles. The van der Waals surface area contributed by atoms with Gasteiger partial charge in [0.05, 0.1) is 0 Å². The molecule has 1 fully saturated rings. The van der Waals surface area contributed by atoms with Gasteiger partial charge in [0, 0.05) is 18.5 Å². The predicted molar refractivity (Wildman–Crippen MR) is 78.2 cm³/mol. The second-order valence-electron chi connectivity index (χ2n) is 5.89. The summed E-state index contributed by atoms with van der Waals surface area (Å²) in [6.07, 6.45) is 2.56. The molecular weight excluding hydrogens is 249 g/mol. The average molecular weight is 267 g/mol. The molecule has 2 heteroatoms. The van der Waals surface area contributed by atoms with Gasteiger partial charge in [0.25, 0.3) is 0 Å². The molecule has 0 bridgehead atoms. The van der Waals surface area contributed by atoms with E-state index < -0.39 is 0 Å². The minimum Gasteiger partial charge on any atom is -0.295 e. The Bertz CT molecular complexity index is 620. The van der Waals surface area contributed by atoms with Crippen molar-refractivity contribution in [2.75, 3.05) is 13.1 Å². The van der Waals surface area contributed by atoms with Crippen molar-refractivity contribution in [2.45, 2.75) is 24.8 Å². The fraction of sp³-hybridized carbons (Fsp3) is 0.333. The van der Waals surface area contributed by atoms with E-state index in [1.54, 1.807) is 12.1 Å². The summed E-state index contributed by atoms with van der Waals surface area (Å²) < 4.78 is 13.2. The Morgan fingerprint density at radius 3 is 2.50 bits per heavy atom. The Morgan fingerprint density at radius 1 is 0.950 bits per heavy atom. The summed E-state index contributed by atoms with van der Waals surface area (Å²) in [4.78, 5) is 2.59. The van der Waals surface area contributed by atoms with E-state index in [9.17, 15) is 4.39 Å². The smallest absolute Gasteiger partial charge is 0.123 e. The maximum atomic E-state index is 13.2. The molecular formula is C18H18FN. The van der Waals surface area contributed by atoms with Gasteiger partial charge in [-0.15, -0.1) is 0 Å². The van der Waals surface area contributed by atoms with Crippen LogP contribution in [0.4, 0.5) is 4.39 Å². The second-order valence-corrected chi connectivity index (χ2v) is 5.89. The van der Waals surface area contributed by atoms with E-state index in [1.165, 1.54) is 36.1 Å². The number of halogens is 1. The standard InChI is InChI=1S/C18H18FN/c19-14-9-7-13(8-10-14)17-12-20-11-3-6-18(20)16-5-2-1-4-15(16)17/h1-2,4-5,7-10,17-18H,3,6,11-12H2/t17-,18-/m0/s1. The van der Waals surface area contributed by atoms with Crippen molar-refractivity contribution >= 4 is 0 Å². The summed E-state index contributed by atoms with van der Waals surface area (Å²) in [5, 5.41) is 0. The molecule has 0 radical (unpaired) electrons. The van der Waals surface area contributed by atoms with Crippen LogP contribution in [0.3, 0.4) is 0 Å². The molecule has 2 atom stereocenters. The molecule has 2 aromatic carbocycles. The first-order chi connectivity index (χ1) is 9.83. The molecule has 2 aromatic rings. The third-order valence-corrected chi connectivity index (χ3v) is 4.78. The molecule has 102 valence electrons. The zero-order valence-corrected chi connectivity index (χ0v) is 11.4. The highest BCUT2D eigenvalue weighted by molar-refractivity contribution is 5.42. The van der Waals surface area contributed by atoms with Crippen molar-refractivity contribution in [1.29, 1.82) is 0 Å². The van der Waals surface area contributed by atoms with Crippen LogP contribution in [0.1, 0.15) is 41.5 Å². The lowest BCUT2D eigenvalue weighted by molar-refractivity contribution is 0.230. The molecule has 4 rings (SSSR count). The molecule has 2 aliphatic rings. The summed E-state index contributed by atoms with van der Waals surface area (Å²) in [6.45, 7) is 2.25. The van der Waals surface area contributed by atoms with E-state index >= 15 is 0 Å². The molecule has 2 aliphatic heterocycles. The SMILES string of the molecule is Fc1ccc([C@@H]2CN3CCC[C@H]3c3ccccc32)cc1. The zero-order chi connectivity index (χ0) is 13.5. The third kappa shape index (κ3) is 1.87. The van der Waals surface area contributed by atoms with E-state index in [2.05, 4.69) is 29.2 Å². The van der Waals surface area contributed by atoms with Crippen molar-refractivity contribution in [3.63, 3.8) is 0 Å². The van der Waals surface area contributed by atoms with Gasteiger partial charge in [-0.3, -0.25) is 4.90 Å². The minimum atomic E-state index is -0.156.